The maximum absolute atomic E-state index is 12.9. The highest BCUT2D eigenvalue weighted by atomic mass is 16.2. The maximum atomic E-state index is 12.9. The minimum atomic E-state index is -0.383. The van der Waals surface area contributed by atoms with Crippen molar-refractivity contribution >= 4 is 5.91 Å². The van der Waals surface area contributed by atoms with Crippen LogP contribution in [-0.4, -0.2) is 29.0 Å². The first-order chi connectivity index (χ1) is 13.7. The average molecular weight is 374 g/mol. The zero-order chi connectivity index (χ0) is 19.6. The lowest BCUT2D eigenvalue weighted by molar-refractivity contribution is -0.123. The molecule has 0 aliphatic carbocycles. The summed E-state index contributed by atoms with van der Waals surface area (Å²) < 4.78 is 0. The summed E-state index contributed by atoms with van der Waals surface area (Å²) in [6.07, 6.45) is 8.78. The summed E-state index contributed by atoms with van der Waals surface area (Å²) in [7, 11) is 0. The number of rotatable bonds is 9. The van der Waals surface area contributed by atoms with Crippen molar-refractivity contribution in [3.63, 3.8) is 0 Å². The number of hydrogen-bond donors (Lipinski definition) is 2. The summed E-state index contributed by atoms with van der Waals surface area (Å²) in [6.45, 7) is 3.32. The van der Waals surface area contributed by atoms with Gasteiger partial charge < -0.3 is 10.6 Å². The van der Waals surface area contributed by atoms with Crippen LogP contribution in [0.15, 0.2) is 73.3 Å². The van der Waals surface area contributed by atoms with Crippen molar-refractivity contribution in [3.05, 3.63) is 95.6 Å². The Morgan fingerprint density at radius 2 is 1.50 bits per heavy atom. The predicted molar refractivity (Wildman–Crippen MR) is 111 cm³/mol. The molecule has 144 valence electrons. The minimum absolute atomic E-state index is 0.0149. The molecule has 0 spiro atoms. The van der Waals surface area contributed by atoms with Crippen molar-refractivity contribution in [3.8, 4) is 0 Å². The summed E-state index contributed by atoms with van der Waals surface area (Å²) in [4.78, 5) is 21.1. The summed E-state index contributed by atoms with van der Waals surface area (Å²) in [5, 5.41) is 6.45. The van der Waals surface area contributed by atoms with Crippen LogP contribution < -0.4 is 10.6 Å². The standard InChI is InChI=1S/C23H26N4O/c1-18-6-8-21(9-7-18)22(26-14-10-19-4-2-12-24-16-19)23(28)27-15-11-20-5-3-13-25-17-20/h2-9,12-13,16-17,22,26H,10-11,14-15H2,1H3,(H,27,28). The van der Waals surface area contributed by atoms with Crippen LogP contribution in [0.5, 0.6) is 0 Å². The average Bonchev–Trinajstić information content (AvgIpc) is 2.73. The van der Waals surface area contributed by atoms with Crippen LogP contribution in [0.2, 0.25) is 0 Å². The third kappa shape index (κ3) is 5.99. The smallest absolute Gasteiger partial charge is 0.241 e. The van der Waals surface area contributed by atoms with Gasteiger partial charge in [0, 0.05) is 37.9 Å². The number of amides is 1. The number of carbonyl (C=O) groups is 1. The van der Waals surface area contributed by atoms with Crippen LogP contribution >= 0.6 is 0 Å². The van der Waals surface area contributed by atoms with Gasteiger partial charge in [-0.25, -0.2) is 0 Å². The van der Waals surface area contributed by atoms with Crippen LogP contribution in [0.25, 0.3) is 0 Å². The largest absolute Gasteiger partial charge is 0.354 e. The van der Waals surface area contributed by atoms with Gasteiger partial charge in [-0.1, -0.05) is 42.0 Å². The van der Waals surface area contributed by atoms with Gasteiger partial charge >= 0.3 is 0 Å². The lowest BCUT2D eigenvalue weighted by Crippen LogP contribution is -2.39. The first-order valence-electron chi connectivity index (χ1n) is 9.58. The number of hydrogen-bond acceptors (Lipinski definition) is 4. The van der Waals surface area contributed by atoms with E-state index in [2.05, 4.69) is 20.6 Å². The van der Waals surface area contributed by atoms with Crippen molar-refractivity contribution in [1.82, 2.24) is 20.6 Å². The fraction of sp³-hybridized carbons (Fsp3) is 0.261. The molecule has 0 fully saturated rings. The van der Waals surface area contributed by atoms with Gasteiger partial charge in [0.15, 0.2) is 0 Å². The molecule has 0 aliphatic heterocycles. The predicted octanol–water partition coefficient (Wildman–Crippen LogP) is 3.02. The second-order valence-electron chi connectivity index (χ2n) is 6.81. The zero-order valence-electron chi connectivity index (χ0n) is 16.1. The molecule has 3 rings (SSSR count). The van der Waals surface area contributed by atoms with Crippen LogP contribution in [0.1, 0.15) is 28.3 Å². The third-order valence-electron chi connectivity index (χ3n) is 4.59. The highest BCUT2D eigenvalue weighted by Crippen LogP contribution is 2.14. The Balaban J connectivity index is 1.59. The first kappa shape index (κ1) is 19.7. The quantitative estimate of drug-likeness (QED) is 0.604. The van der Waals surface area contributed by atoms with E-state index in [-0.39, 0.29) is 11.9 Å². The lowest BCUT2D eigenvalue weighted by atomic mass is 10.0. The Morgan fingerprint density at radius 1 is 0.893 bits per heavy atom. The maximum Gasteiger partial charge on any atom is 0.241 e. The van der Waals surface area contributed by atoms with Crippen LogP contribution in [0.4, 0.5) is 0 Å². The Bertz CT molecular complexity index is 851. The number of aromatic nitrogens is 2. The summed E-state index contributed by atoms with van der Waals surface area (Å²) in [5.74, 6) is -0.0149. The van der Waals surface area contributed by atoms with Crippen LogP contribution in [0, 0.1) is 6.92 Å². The molecule has 1 amide bonds. The van der Waals surface area contributed by atoms with E-state index in [9.17, 15) is 4.79 Å². The molecule has 2 heterocycles. The van der Waals surface area contributed by atoms with Crippen molar-refractivity contribution in [1.29, 1.82) is 0 Å². The molecule has 3 aromatic rings. The molecule has 2 aromatic heterocycles. The number of nitrogens with one attached hydrogen (secondary N) is 2. The molecule has 1 unspecified atom stereocenters. The molecule has 0 saturated heterocycles. The molecule has 0 radical (unpaired) electrons. The Kier molecular flexibility index (Phi) is 7.27. The molecule has 1 aromatic carbocycles. The molecule has 5 nitrogen and oxygen atoms in total. The number of aryl methyl sites for hydroxylation is 1. The molecule has 28 heavy (non-hydrogen) atoms. The number of carbonyl (C=O) groups excluding carboxylic acids is 1. The van der Waals surface area contributed by atoms with Gasteiger partial charge in [-0.15, -0.1) is 0 Å². The van der Waals surface area contributed by atoms with Crippen molar-refractivity contribution < 1.29 is 4.79 Å². The van der Waals surface area contributed by atoms with Crippen LogP contribution in [-0.2, 0) is 17.6 Å². The van der Waals surface area contributed by atoms with Crippen LogP contribution in [0.3, 0.4) is 0 Å². The van der Waals surface area contributed by atoms with Gasteiger partial charge in [0.05, 0.1) is 0 Å². The Hall–Kier alpha value is -3.05. The van der Waals surface area contributed by atoms with E-state index in [1.165, 1.54) is 5.56 Å². The molecule has 2 N–H and O–H groups in total. The van der Waals surface area contributed by atoms with Crippen molar-refractivity contribution in [2.24, 2.45) is 0 Å². The fourth-order valence-corrected chi connectivity index (χ4v) is 3.01. The van der Waals surface area contributed by atoms with Gasteiger partial charge in [0.1, 0.15) is 6.04 Å². The number of pyridine rings is 2. The van der Waals surface area contributed by atoms with E-state index in [0.717, 1.165) is 29.5 Å². The summed E-state index contributed by atoms with van der Waals surface area (Å²) in [5.41, 5.74) is 4.40. The molecular weight excluding hydrogens is 348 g/mol. The van der Waals surface area contributed by atoms with Crippen molar-refractivity contribution in [2.45, 2.75) is 25.8 Å². The summed E-state index contributed by atoms with van der Waals surface area (Å²) >= 11 is 0. The van der Waals surface area contributed by atoms with E-state index in [1.54, 1.807) is 12.4 Å². The SMILES string of the molecule is Cc1ccc(C(NCCc2cccnc2)C(=O)NCCc2cccnc2)cc1. The molecule has 0 bridgehead atoms. The second kappa shape index (κ2) is 10.3. The van der Waals surface area contributed by atoms with E-state index in [1.807, 2.05) is 67.8 Å². The van der Waals surface area contributed by atoms with Gasteiger partial charge in [-0.05, 0) is 48.6 Å². The van der Waals surface area contributed by atoms with Crippen molar-refractivity contribution in [2.75, 3.05) is 13.1 Å². The second-order valence-corrected chi connectivity index (χ2v) is 6.81. The molecular formula is C23H26N4O. The van der Waals surface area contributed by atoms with E-state index < -0.39 is 0 Å². The van der Waals surface area contributed by atoms with Gasteiger partial charge in [-0.3, -0.25) is 14.8 Å². The molecule has 0 aliphatic rings. The Morgan fingerprint density at radius 3 is 2.07 bits per heavy atom. The normalized spacial score (nSPS) is 11.8. The lowest BCUT2D eigenvalue weighted by Gasteiger charge is -2.19. The molecule has 5 heteroatoms. The topological polar surface area (TPSA) is 66.9 Å². The highest BCUT2D eigenvalue weighted by molar-refractivity contribution is 5.83. The van der Waals surface area contributed by atoms with Gasteiger partial charge in [0.2, 0.25) is 5.91 Å². The zero-order valence-corrected chi connectivity index (χ0v) is 16.1. The summed E-state index contributed by atoms with van der Waals surface area (Å²) in [6, 6.07) is 15.6. The minimum Gasteiger partial charge on any atom is -0.354 e. The number of benzene rings is 1. The van der Waals surface area contributed by atoms with E-state index >= 15 is 0 Å². The van der Waals surface area contributed by atoms with E-state index in [0.29, 0.717) is 13.1 Å². The number of nitrogens with zero attached hydrogens (tertiary/aromatic N) is 2. The third-order valence-corrected chi connectivity index (χ3v) is 4.59. The van der Waals surface area contributed by atoms with Gasteiger partial charge in [-0.2, -0.15) is 0 Å². The monoisotopic (exact) mass is 374 g/mol. The Labute approximate surface area is 166 Å². The van der Waals surface area contributed by atoms with E-state index in [4.69, 9.17) is 0 Å². The molecule has 1 atom stereocenters. The van der Waals surface area contributed by atoms with Gasteiger partial charge in [0.25, 0.3) is 0 Å². The highest BCUT2D eigenvalue weighted by Gasteiger charge is 2.19. The first-order valence-corrected chi connectivity index (χ1v) is 9.58. The fourth-order valence-electron chi connectivity index (χ4n) is 3.01. The molecule has 0 saturated carbocycles.